The molecule has 2 aliphatic heterocycles. The zero-order valence-electron chi connectivity index (χ0n) is 11.2. The summed E-state index contributed by atoms with van der Waals surface area (Å²) in [5.41, 5.74) is 4.75. The molecule has 0 unspecified atom stereocenters. The van der Waals surface area contributed by atoms with Crippen LogP contribution in [0.5, 0.6) is 5.75 Å². The average Bonchev–Trinajstić information content (AvgIpc) is 2.93. The van der Waals surface area contributed by atoms with Crippen molar-refractivity contribution in [2.75, 3.05) is 6.61 Å². The fourth-order valence-corrected chi connectivity index (χ4v) is 2.95. The van der Waals surface area contributed by atoms with Gasteiger partial charge in [-0.15, -0.1) is 0 Å². The molecule has 0 radical (unpaired) electrons. The first-order valence-electron chi connectivity index (χ1n) is 6.71. The van der Waals surface area contributed by atoms with Crippen LogP contribution >= 0.6 is 15.9 Å². The first kappa shape index (κ1) is 14.1. The Morgan fingerprint density at radius 3 is 3.00 bits per heavy atom. The van der Waals surface area contributed by atoms with Gasteiger partial charge in [0.05, 0.1) is 6.61 Å². The third kappa shape index (κ3) is 3.07. The Balaban J connectivity index is 1.68. The van der Waals surface area contributed by atoms with Gasteiger partial charge in [0.2, 0.25) is 5.91 Å². The molecule has 0 bridgehead atoms. The third-order valence-corrected chi connectivity index (χ3v) is 3.89. The minimum atomic E-state index is -0.262. The highest BCUT2D eigenvalue weighted by Crippen LogP contribution is 2.32. The van der Waals surface area contributed by atoms with E-state index >= 15 is 0 Å². The lowest BCUT2D eigenvalue weighted by molar-refractivity contribution is -0.121. The lowest BCUT2D eigenvalue weighted by atomic mass is 10.1. The van der Waals surface area contributed by atoms with Crippen molar-refractivity contribution in [3.63, 3.8) is 0 Å². The lowest BCUT2D eigenvalue weighted by Crippen LogP contribution is -2.36. The molecule has 1 aromatic rings. The van der Waals surface area contributed by atoms with Gasteiger partial charge in [0.25, 0.3) is 5.91 Å². The van der Waals surface area contributed by atoms with Crippen LogP contribution in [-0.2, 0) is 22.6 Å². The predicted octanol–water partition coefficient (Wildman–Crippen LogP) is 1.27. The molecule has 3 rings (SSSR count). The predicted molar refractivity (Wildman–Crippen MR) is 80.0 cm³/mol. The van der Waals surface area contributed by atoms with Gasteiger partial charge in [0, 0.05) is 35.8 Å². The summed E-state index contributed by atoms with van der Waals surface area (Å²) < 4.78 is 6.59. The highest BCUT2D eigenvalue weighted by molar-refractivity contribution is 9.10. The van der Waals surface area contributed by atoms with Gasteiger partial charge in [-0.25, -0.2) is 5.43 Å². The molecule has 2 heterocycles. The molecule has 6 nitrogen and oxygen atoms in total. The van der Waals surface area contributed by atoms with E-state index in [1.807, 2.05) is 12.1 Å². The molecule has 7 heteroatoms. The van der Waals surface area contributed by atoms with Crippen LogP contribution in [0.15, 0.2) is 21.7 Å². The first-order chi connectivity index (χ1) is 10.1. The molecule has 0 spiro atoms. The van der Waals surface area contributed by atoms with Crippen molar-refractivity contribution in [3.8, 4) is 5.75 Å². The van der Waals surface area contributed by atoms with Crippen molar-refractivity contribution in [2.24, 2.45) is 5.10 Å². The summed E-state index contributed by atoms with van der Waals surface area (Å²) in [7, 11) is 0. The van der Waals surface area contributed by atoms with Gasteiger partial charge in [-0.1, -0.05) is 15.9 Å². The van der Waals surface area contributed by atoms with Gasteiger partial charge in [-0.05, 0) is 17.7 Å². The number of fused-ring (bicyclic) bond motifs is 1. The SMILES string of the molecule is O=C1CCC(C(=O)NCc2cc(Br)cc3c2OCC3)=NN1. The van der Waals surface area contributed by atoms with Gasteiger partial charge in [0.15, 0.2) is 0 Å². The normalized spacial score (nSPS) is 16.6. The molecule has 2 N–H and O–H groups in total. The van der Waals surface area contributed by atoms with Crippen molar-refractivity contribution < 1.29 is 14.3 Å². The first-order valence-corrected chi connectivity index (χ1v) is 7.50. The van der Waals surface area contributed by atoms with Crippen molar-refractivity contribution >= 4 is 33.5 Å². The van der Waals surface area contributed by atoms with E-state index in [9.17, 15) is 9.59 Å². The molecule has 0 fully saturated rings. The van der Waals surface area contributed by atoms with Crippen LogP contribution in [0.3, 0.4) is 0 Å². The van der Waals surface area contributed by atoms with Crippen LogP contribution in [0.4, 0.5) is 0 Å². The van der Waals surface area contributed by atoms with Crippen molar-refractivity contribution in [3.05, 3.63) is 27.7 Å². The van der Waals surface area contributed by atoms with E-state index in [4.69, 9.17) is 4.74 Å². The van der Waals surface area contributed by atoms with Gasteiger partial charge >= 0.3 is 0 Å². The number of rotatable bonds is 3. The number of carbonyl (C=O) groups excluding carboxylic acids is 2. The van der Waals surface area contributed by atoms with Gasteiger partial charge in [-0.3, -0.25) is 9.59 Å². The molecule has 2 aliphatic rings. The molecular weight excluding hydrogens is 338 g/mol. The van der Waals surface area contributed by atoms with E-state index in [-0.39, 0.29) is 11.8 Å². The molecule has 0 saturated heterocycles. The lowest BCUT2D eigenvalue weighted by Gasteiger charge is -2.13. The van der Waals surface area contributed by atoms with Crippen molar-refractivity contribution in [1.82, 2.24) is 10.7 Å². The summed E-state index contributed by atoms with van der Waals surface area (Å²) in [5, 5.41) is 6.60. The Morgan fingerprint density at radius 2 is 2.24 bits per heavy atom. The summed E-state index contributed by atoms with van der Waals surface area (Å²) in [4.78, 5) is 23.0. The van der Waals surface area contributed by atoms with Crippen molar-refractivity contribution in [1.29, 1.82) is 0 Å². The van der Waals surface area contributed by atoms with E-state index in [1.165, 1.54) is 0 Å². The maximum Gasteiger partial charge on any atom is 0.267 e. The van der Waals surface area contributed by atoms with Crippen LogP contribution in [0.1, 0.15) is 24.0 Å². The third-order valence-electron chi connectivity index (χ3n) is 3.43. The Hall–Kier alpha value is -1.89. The second-order valence-electron chi connectivity index (χ2n) is 4.93. The summed E-state index contributed by atoms with van der Waals surface area (Å²) >= 11 is 3.47. The quantitative estimate of drug-likeness (QED) is 0.860. The standard InChI is InChI=1S/C14H14BrN3O3/c15-10-5-8-3-4-21-13(8)9(6-10)7-16-14(20)11-1-2-12(19)18-17-11/h5-6H,1-4,7H2,(H,16,20)(H,18,19). The van der Waals surface area contributed by atoms with Crippen LogP contribution in [0.25, 0.3) is 0 Å². The average molecular weight is 352 g/mol. The number of hydrogen-bond acceptors (Lipinski definition) is 4. The van der Waals surface area contributed by atoms with E-state index in [0.29, 0.717) is 31.7 Å². The number of hydrazone groups is 1. The molecule has 1 aromatic carbocycles. The Kier molecular flexibility index (Phi) is 3.92. The van der Waals surface area contributed by atoms with Crippen LogP contribution in [-0.4, -0.2) is 24.1 Å². The number of benzene rings is 1. The number of amides is 2. The van der Waals surface area contributed by atoms with E-state index in [0.717, 1.165) is 27.8 Å². The number of ether oxygens (including phenoxy) is 1. The van der Waals surface area contributed by atoms with Crippen LogP contribution in [0, 0.1) is 0 Å². The van der Waals surface area contributed by atoms with Crippen LogP contribution < -0.4 is 15.5 Å². The topological polar surface area (TPSA) is 79.8 Å². The minimum Gasteiger partial charge on any atom is -0.493 e. The van der Waals surface area contributed by atoms with Gasteiger partial charge in [0.1, 0.15) is 11.5 Å². The minimum absolute atomic E-state index is 0.162. The molecule has 0 aromatic heterocycles. The Bertz CT molecular complexity index is 643. The summed E-state index contributed by atoms with van der Waals surface area (Å²) in [5.74, 6) is 0.434. The second kappa shape index (κ2) is 5.85. The summed E-state index contributed by atoms with van der Waals surface area (Å²) in [6.45, 7) is 1.04. The molecule has 0 atom stereocenters. The monoisotopic (exact) mass is 351 g/mol. The molecule has 110 valence electrons. The molecule has 0 saturated carbocycles. The number of halogens is 1. The van der Waals surface area contributed by atoms with Gasteiger partial charge < -0.3 is 10.1 Å². The number of nitrogens with one attached hydrogen (secondary N) is 2. The Labute approximate surface area is 130 Å². The van der Waals surface area contributed by atoms with Gasteiger partial charge in [-0.2, -0.15) is 5.10 Å². The second-order valence-corrected chi connectivity index (χ2v) is 5.84. The van der Waals surface area contributed by atoms with E-state index in [1.54, 1.807) is 0 Å². The summed E-state index contributed by atoms with van der Waals surface area (Å²) in [6.07, 6.45) is 1.54. The smallest absolute Gasteiger partial charge is 0.267 e. The van der Waals surface area contributed by atoms with E-state index in [2.05, 4.69) is 31.8 Å². The molecule has 0 aliphatic carbocycles. The number of carbonyl (C=O) groups is 2. The maximum absolute atomic E-state index is 12.0. The molecular formula is C14H14BrN3O3. The number of nitrogens with zero attached hydrogens (tertiary/aromatic N) is 1. The highest BCUT2D eigenvalue weighted by Gasteiger charge is 2.20. The van der Waals surface area contributed by atoms with Crippen LogP contribution in [0.2, 0.25) is 0 Å². The molecule has 21 heavy (non-hydrogen) atoms. The summed E-state index contributed by atoms with van der Waals surface area (Å²) in [6, 6.07) is 3.98. The fourth-order valence-electron chi connectivity index (χ4n) is 2.39. The van der Waals surface area contributed by atoms with E-state index < -0.39 is 0 Å². The maximum atomic E-state index is 12.0. The highest BCUT2D eigenvalue weighted by atomic mass is 79.9. The fraction of sp³-hybridized carbons (Fsp3) is 0.357. The number of hydrogen-bond donors (Lipinski definition) is 2. The molecule has 2 amide bonds. The zero-order valence-corrected chi connectivity index (χ0v) is 12.8. The largest absolute Gasteiger partial charge is 0.493 e. The zero-order chi connectivity index (χ0) is 14.8. The van der Waals surface area contributed by atoms with Crippen molar-refractivity contribution in [2.45, 2.75) is 25.8 Å². The Morgan fingerprint density at radius 1 is 1.38 bits per heavy atom.